The fraction of sp³-hybridized carbons (Fsp3) is 0.818. The molecule has 0 N–H and O–H groups in total. The van der Waals surface area contributed by atoms with Crippen LogP contribution in [-0.4, -0.2) is 33.3 Å². The molecule has 0 unspecified atom stereocenters. The molecule has 94 valence electrons. The van der Waals surface area contributed by atoms with E-state index in [0.29, 0.717) is 6.42 Å². The van der Waals surface area contributed by atoms with Crippen molar-refractivity contribution in [1.82, 2.24) is 4.34 Å². The Bertz CT molecular complexity index is 227. The molecule has 0 saturated heterocycles. The third kappa shape index (κ3) is 6.22. The Hall–Kier alpha value is -0.426. The van der Waals surface area contributed by atoms with Gasteiger partial charge in [-0.2, -0.15) is 0 Å². The number of nitrogens with zero attached hydrogens (tertiary/aromatic N) is 2. The van der Waals surface area contributed by atoms with Crippen LogP contribution in [0, 0.1) is 0 Å². The summed E-state index contributed by atoms with van der Waals surface area (Å²) in [7, 11) is -2.73. The van der Waals surface area contributed by atoms with Gasteiger partial charge in [-0.15, -0.1) is 0 Å². The fourth-order valence-electron chi connectivity index (χ4n) is 1.78. The molecule has 0 aliphatic heterocycles. The molecule has 16 heavy (non-hydrogen) atoms. The largest absolute Gasteiger partial charge is 0.350 e. The van der Waals surface area contributed by atoms with Crippen molar-refractivity contribution in [2.24, 2.45) is 5.10 Å². The van der Waals surface area contributed by atoms with E-state index in [1.807, 2.05) is 6.21 Å². The number of unbranched alkanes of at least 4 members (excludes halogenated alkanes) is 2. The lowest BCUT2D eigenvalue weighted by Gasteiger charge is -2.41. The van der Waals surface area contributed by atoms with Crippen LogP contribution < -0.4 is 0 Å². The van der Waals surface area contributed by atoms with E-state index in [9.17, 15) is 4.79 Å². The topological polar surface area (TPSA) is 32.7 Å². The highest BCUT2D eigenvalue weighted by Crippen LogP contribution is 2.19. The van der Waals surface area contributed by atoms with Gasteiger partial charge in [0.2, 0.25) is 0 Å². The fourth-order valence-corrected chi connectivity index (χ4v) is 10.7. The minimum atomic E-state index is -1.36. The Morgan fingerprint density at radius 3 is 1.88 bits per heavy atom. The molecule has 0 aromatic heterocycles. The van der Waals surface area contributed by atoms with Crippen molar-refractivity contribution in [2.45, 2.75) is 58.5 Å². The first-order valence-electron chi connectivity index (χ1n) is 5.96. The van der Waals surface area contributed by atoms with Crippen LogP contribution in [0.15, 0.2) is 5.10 Å². The molecule has 0 radical (unpaired) electrons. The number of aldehydes is 1. The van der Waals surface area contributed by atoms with Crippen molar-refractivity contribution in [1.29, 1.82) is 0 Å². The highest BCUT2D eigenvalue weighted by atomic mass is 28.4. The Morgan fingerprint density at radius 2 is 1.50 bits per heavy atom. The standard InChI is InChI=1S/C11H26N2OSi2/c1-15(2,3)13(16(4,5)6)12-10-8-7-9-11-14/h10-11H,7-9H2,1-6H3. The molecule has 0 aromatic rings. The van der Waals surface area contributed by atoms with Crippen LogP contribution in [0.4, 0.5) is 0 Å². The lowest BCUT2D eigenvalue weighted by atomic mass is 10.3. The molecule has 0 bridgehead atoms. The molecule has 0 spiro atoms. The van der Waals surface area contributed by atoms with E-state index >= 15 is 0 Å². The maximum absolute atomic E-state index is 10.2. The summed E-state index contributed by atoms with van der Waals surface area (Å²) in [6.45, 7) is 14.0. The molecule has 0 amide bonds. The van der Waals surface area contributed by atoms with Gasteiger partial charge in [-0.3, -0.25) is 0 Å². The van der Waals surface area contributed by atoms with Gasteiger partial charge in [0.15, 0.2) is 16.5 Å². The summed E-state index contributed by atoms with van der Waals surface area (Å²) in [5.74, 6) is 0. The molecule has 0 rings (SSSR count). The second kappa shape index (κ2) is 6.34. The third-order valence-corrected chi connectivity index (χ3v) is 8.92. The first kappa shape index (κ1) is 15.6. The summed E-state index contributed by atoms with van der Waals surface area (Å²) in [5, 5.41) is 4.65. The van der Waals surface area contributed by atoms with E-state index in [1.165, 1.54) is 0 Å². The van der Waals surface area contributed by atoms with Gasteiger partial charge in [0.25, 0.3) is 0 Å². The van der Waals surface area contributed by atoms with E-state index in [-0.39, 0.29) is 0 Å². The Kier molecular flexibility index (Phi) is 6.17. The van der Waals surface area contributed by atoms with Crippen LogP contribution >= 0.6 is 0 Å². The number of carbonyl (C=O) groups excluding carboxylic acids is 1. The second-order valence-corrected chi connectivity index (χ2v) is 16.0. The van der Waals surface area contributed by atoms with Crippen LogP contribution in [-0.2, 0) is 4.79 Å². The molecule has 0 heterocycles. The van der Waals surface area contributed by atoms with Crippen LogP contribution in [0.5, 0.6) is 0 Å². The van der Waals surface area contributed by atoms with Crippen LogP contribution in [0.3, 0.4) is 0 Å². The highest BCUT2D eigenvalue weighted by molar-refractivity contribution is 6.89. The van der Waals surface area contributed by atoms with Gasteiger partial charge in [-0.1, -0.05) is 39.3 Å². The first-order chi connectivity index (χ1) is 7.19. The summed E-state index contributed by atoms with van der Waals surface area (Å²) in [6.07, 6.45) is 5.43. The number of hydrazone groups is 1. The van der Waals surface area contributed by atoms with Gasteiger partial charge < -0.3 is 9.13 Å². The number of rotatable bonds is 7. The van der Waals surface area contributed by atoms with Crippen molar-refractivity contribution >= 4 is 29.0 Å². The van der Waals surface area contributed by atoms with Gasteiger partial charge in [0.05, 0.1) is 0 Å². The van der Waals surface area contributed by atoms with Crippen LogP contribution in [0.2, 0.25) is 39.3 Å². The zero-order valence-electron chi connectivity index (χ0n) is 11.6. The van der Waals surface area contributed by atoms with Gasteiger partial charge in [-0.05, 0) is 12.8 Å². The maximum atomic E-state index is 10.2. The summed E-state index contributed by atoms with van der Waals surface area (Å²) >= 11 is 0. The Morgan fingerprint density at radius 1 is 1.00 bits per heavy atom. The van der Waals surface area contributed by atoms with Gasteiger partial charge in [-0.25, -0.2) is 5.10 Å². The number of hydrogen-bond acceptors (Lipinski definition) is 3. The van der Waals surface area contributed by atoms with Gasteiger partial charge in [0.1, 0.15) is 6.29 Å². The van der Waals surface area contributed by atoms with Gasteiger partial charge in [0, 0.05) is 12.6 Å². The van der Waals surface area contributed by atoms with Crippen molar-refractivity contribution in [3.05, 3.63) is 0 Å². The minimum absolute atomic E-state index is 0.645. The SMILES string of the molecule is C[Si](C)(C)N(N=CCCCC=O)[Si](C)(C)C. The third-order valence-electron chi connectivity index (χ3n) is 2.12. The van der Waals surface area contributed by atoms with Crippen molar-refractivity contribution < 1.29 is 4.79 Å². The molecule has 3 nitrogen and oxygen atoms in total. The number of hydrogen-bond donors (Lipinski definition) is 0. The summed E-state index contributed by atoms with van der Waals surface area (Å²) in [6, 6.07) is 0. The molecule has 0 aromatic carbocycles. The zero-order valence-corrected chi connectivity index (χ0v) is 13.6. The molecule has 0 aliphatic carbocycles. The van der Waals surface area contributed by atoms with E-state index in [4.69, 9.17) is 0 Å². The average Bonchev–Trinajstić information content (AvgIpc) is 2.06. The van der Waals surface area contributed by atoms with Crippen LogP contribution in [0.25, 0.3) is 0 Å². The summed E-state index contributed by atoms with van der Waals surface area (Å²) in [4.78, 5) is 10.2. The predicted molar refractivity (Wildman–Crippen MR) is 76.9 cm³/mol. The Balaban J connectivity index is 4.40. The Labute approximate surface area is 102 Å². The molecule has 5 heteroatoms. The maximum Gasteiger partial charge on any atom is 0.158 e. The van der Waals surface area contributed by atoms with E-state index in [0.717, 1.165) is 19.1 Å². The normalized spacial score (nSPS) is 13.1. The summed E-state index contributed by atoms with van der Waals surface area (Å²) in [5.41, 5.74) is 0. The molecular weight excluding hydrogens is 232 g/mol. The van der Waals surface area contributed by atoms with Crippen molar-refractivity contribution in [2.75, 3.05) is 0 Å². The quantitative estimate of drug-likeness (QED) is 0.231. The second-order valence-electron chi connectivity index (χ2n) is 6.05. The molecule has 0 atom stereocenters. The lowest BCUT2D eigenvalue weighted by Crippen LogP contribution is -2.55. The van der Waals surface area contributed by atoms with Gasteiger partial charge >= 0.3 is 0 Å². The van der Waals surface area contributed by atoms with Crippen molar-refractivity contribution in [3.63, 3.8) is 0 Å². The van der Waals surface area contributed by atoms with E-state index in [2.05, 4.69) is 48.7 Å². The van der Waals surface area contributed by atoms with E-state index < -0.39 is 16.5 Å². The molecular formula is C11H26N2OSi2. The predicted octanol–water partition coefficient (Wildman–Crippen LogP) is 3.31. The van der Waals surface area contributed by atoms with E-state index in [1.54, 1.807) is 0 Å². The molecule has 0 fully saturated rings. The smallest absolute Gasteiger partial charge is 0.158 e. The zero-order chi connectivity index (χ0) is 12.8. The van der Waals surface area contributed by atoms with Crippen LogP contribution in [0.1, 0.15) is 19.3 Å². The average molecular weight is 259 g/mol. The molecule has 0 saturated carbocycles. The van der Waals surface area contributed by atoms with Crippen molar-refractivity contribution in [3.8, 4) is 0 Å². The summed E-state index contributed by atoms with van der Waals surface area (Å²) < 4.78 is 2.39. The first-order valence-corrected chi connectivity index (χ1v) is 12.9. The minimum Gasteiger partial charge on any atom is -0.350 e. The lowest BCUT2D eigenvalue weighted by molar-refractivity contribution is -0.107. The number of carbonyl (C=O) groups is 1. The molecule has 0 aliphatic rings. The monoisotopic (exact) mass is 258 g/mol. The highest BCUT2D eigenvalue weighted by Gasteiger charge is 2.33.